The van der Waals surface area contributed by atoms with Crippen LogP contribution in [0.15, 0.2) is 37.0 Å². The van der Waals surface area contributed by atoms with E-state index in [1.807, 2.05) is 12.2 Å². The van der Waals surface area contributed by atoms with Crippen LogP contribution in [0.4, 0.5) is 5.82 Å². The first-order valence-electron chi connectivity index (χ1n) is 7.60. The van der Waals surface area contributed by atoms with E-state index in [0.29, 0.717) is 25.0 Å². The van der Waals surface area contributed by atoms with Crippen LogP contribution in [0.2, 0.25) is 0 Å². The van der Waals surface area contributed by atoms with E-state index in [1.165, 1.54) is 0 Å². The molecule has 0 bridgehead atoms. The molecule has 2 heterocycles. The zero-order valence-electron chi connectivity index (χ0n) is 13.4. The quantitative estimate of drug-likeness (QED) is 0.783. The summed E-state index contributed by atoms with van der Waals surface area (Å²) in [5.74, 6) is 1.24. The normalized spacial score (nSPS) is 15.8. The van der Waals surface area contributed by atoms with E-state index >= 15 is 0 Å². The number of hydrogen-bond acceptors (Lipinski definition) is 4. The summed E-state index contributed by atoms with van der Waals surface area (Å²) in [5.41, 5.74) is 4.32. The summed E-state index contributed by atoms with van der Waals surface area (Å²) in [5, 5.41) is 8.82. The Morgan fingerprint density at radius 1 is 1.18 bits per heavy atom. The van der Waals surface area contributed by atoms with Gasteiger partial charge in [-0.2, -0.15) is 5.10 Å². The van der Waals surface area contributed by atoms with Gasteiger partial charge in [0.2, 0.25) is 0 Å². The van der Waals surface area contributed by atoms with Gasteiger partial charge in [0.1, 0.15) is 5.78 Å². The van der Waals surface area contributed by atoms with Crippen molar-refractivity contribution in [3.05, 3.63) is 53.8 Å². The largest absolute Gasteiger partial charge is 0.354 e. The standard InChI is InChI=1S/C18H23N3O/c1-5-7-15(6-2)12-17-13(3)14(4)18(20-19-17)21-10-8-16(22)9-11-21/h5-7H,1-2,8-12H2,3-4H3/b15-7+. The van der Waals surface area contributed by atoms with E-state index in [4.69, 9.17) is 0 Å². The van der Waals surface area contributed by atoms with Crippen LogP contribution in [0.1, 0.15) is 29.7 Å². The molecule has 0 radical (unpaired) electrons. The van der Waals surface area contributed by atoms with Crippen LogP contribution in [-0.2, 0) is 11.2 Å². The van der Waals surface area contributed by atoms with Crippen LogP contribution in [0.5, 0.6) is 0 Å². The summed E-state index contributed by atoms with van der Waals surface area (Å²) in [7, 11) is 0. The highest BCUT2D eigenvalue weighted by Gasteiger charge is 2.21. The number of carbonyl (C=O) groups is 1. The fourth-order valence-electron chi connectivity index (χ4n) is 2.62. The predicted molar refractivity (Wildman–Crippen MR) is 90.1 cm³/mol. The topological polar surface area (TPSA) is 46.1 Å². The maximum absolute atomic E-state index is 11.4. The van der Waals surface area contributed by atoms with Crippen LogP contribution in [0.3, 0.4) is 0 Å². The number of nitrogens with zero attached hydrogens (tertiary/aromatic N) is 3. The number of allylic oxidation sites excluding steroid dienone is 4. The van der Waals surface area contributed by atoms with E-state index in [0.717, 1.165) is 41.3 Å². The fraction of sp³-hybridized carbons (Fsp3) is 0.389. The molecule has 1 saturated heterocycles. The summed E-state index contributed by atoms with van der Waals surface area (Å²) in [6, 6.07) is 0. The summed E-state index contributed by atoms with van der Waals surface area (Å²) in [6.45, 7) is 13.2. The highest BCUT2D eigenvalue weighted by molar-refractivity contribution is 5.81. The molecule has 4 nitrogen and oxygen atoms in total. The Labute approximate surface area is 132 Å². The third kappa shape index (κ3) is 3.50. The van der Waals surface area contributed by atoms with E-state index in [9.17, 15) is 4.79 Å². The van der Waals surface area contributed by atoms with Crippen LogP contribution < -0.4 is 4.90 Å². The van der Waals surface area contributed by atoms with Crippen molar-refractivity contribution in [1.82, 2.24) is 10.2 Å². The molecule has 0 unspecified atom stereocenters. The van der Waals surface area contributed by atoms with Gasteiger partial charge in [-0.3, -0.25) is 4.79 Å². The SMILES string of the molecule is C=C/C=C(\C=C)Cc1nnc(N2CCC(=O)CC2)c(C)c1C. The zero-order valence-corrected chi connectivity index (χ0v) is 13.4. The minimum absolute atomic E-state index is 0.334. The predicted octanol–water partition coefficient (Wildman–Crippen LogP) is 3.10. The molecular weight excluding hydrogens is 274 g/mol. The zero-order chi connectivity index (χ0) is 16.1. The molecule has 1 aromatic heterocycles. The van der Waals surface area contributed by atoms with Gasteiger partial charge in [0.25, 0.3) is 0 Å². The Morgan fingerprint density at radius 3 is 2.45 bits per heavy atom. The molecule has 1 fully saturated rings. The minimum atomic E-state index is 0.334. The number of anilines is 1. The lowest BCUT2D eigenvalue weighted by molar-refractivity contribution is -0.119. The molecule has 0 atom stereocenters. The summed E-state index contributed by atoms with van der Waals surface area (Å²) < 4.78 is 0. The maximum atomic E-state index is 11.4. The molecule has 0 N–H and O–H groups in total. The van der Waals surface area contributed by atoms with E-state index in [2.05, 4.69) is 42.1 Å². The maximum Gasteiger partial charge on any atom is 0.154 e. The Hall–Kier alpha value is -2.23. The van der Waals surface area contributed by atoms with Crippen molar-refractivity contribution in [2.24, 2.45) is 0 Å². The lowest BCUT2D eigenvalue weighted by atomic mass is 10.0. The monoisotopic (exact) mass is 297 g/mol. The lowest BCUT2D eigenvalue weighted by Crippen LogP contribution is -2.35. The first-order chi connectivity index (χ1) is 10.6. The average molecular weight is 297 g/mol. The smallest absolute Gasteiger partial charge is 0.154 e. The van der Waals surface area contributed by atoms with E-state index in [-0.39, 0.29) is 0 Å². The molecule has 4 heteroatoms. The first kappa shape index (κ1) is 16.1. The Balaban J connectivity index is 2.25. The number of rotatable bonds is 5. The number of carbonyl (C=O) groups excluding carboxylic acids is 1. The second kappa shape index (κ2) is 7.16. The van der Waals surface area contributed by atoms with Crippen LogP contribution in [0.25, 0.3) is 0 Å². The third-order valence-corrected chi connectivity index (χ3v) is 4.18. The van der Waals surface area contributed by atoms with Gasteiger partial charge in [-0.05, 0) is 30.5 Å². The lowest BCUT2D eigenvalue weighted by Gasteiger charge is -2.28. The molecule has 116 valence electrons. The third-order valence-electron chi connectivity index (χ3n) is 4.18. The Bertz CT molecular complexity index is 621. The van der Waals surface area contributed by atoms with Crippen LogP contribution >= 0.6 is 0 Å². The molecule has 1 aliphatic heterocycles. The fourth-order valence-corrected chi connectivity index (χ4v) is 2.62. The van der Waals surface area contributed by atoms with Crippen molar-refractivity contribution >= 4 is 11.6 Å². The minimum Gasteiger partial charge on any atom is -0.354 e. The number of piperidine rings is 1. The van der Waals surface area contributed by atoms with Gasteiger partial charge in [-0.1, -0.05) is 31.4 Å². The highest BCUT2D eigenvalue weighted by Crippen LogP contribution is 2.24. The van der Waals surface area contributed by atoms with Gasteiger partial charge in [0.05, 0.1) is 5.69 Å². The number of aromatic nitrogens is 2. The van der Waals surface area contributed by atoms with Crippen molar-refractivity contribution in [2.75, 3.05) is 18.0 Å². The molecule has 0 amide bonds. The van der Waals surface area contributed by atoms with Crippen LogP contribution in [-0.4, -0.2) is 29.1 Å². The van der Waals surface area contributed by atoms with Crippen molar-refractivity contribution in [3.8, 4) is 0 Å². The second-order valence-electron chi connectivity index (χ2n) is 5.60. The Morgan fingerprint density at radius 2 is 1.86 bits per heavy atom. The molecule has 0 aliphatic carbocycles. The summed E-state index contributed by atoms with van der Waals surface area (Å²) >= 11 is 0. The van der Waals surface area contributed by atoms with Gasteiger partial charge >= 0.3 is 0 Å². The van der Waals surface area contributed by atoms with Gasteiger partial charge in [0.15, 0.2) is 5.82 Å². The van der Waals surface area contributed by atoms with Gasteiger partial charge in [-0.25, -0.2) is 0 Å². The van der Waals surface area contributed by atoms with Crippen molar-refractivity contribution < 1.29 is 4.79 Å². The molecule has 1 aromatic rings. The number of ketones is 1. The number of Topliss-reactive ketones (excluding diaryl/α,β-unsaturated/α-hetero) is 1. The Kier molecular flexibility index (Phi) is 5.26. The molecule has 22 heavy (non-hydrogen) atoms. The van der Waals surface area contributed by atoms with Gasteiger partial charge < -0.3 is 4.90 Å². The van der Waals surface area contributed by atoms with Crippen molar-refractivity contribution in [1.29, 1.82) is 0 Å². The first-order valence-corrected chi connectivity index (χ1v) is 7.60. The van der Waals surface area contributed by atoms with Crippen LogP contribution in [0, 0.1) is 13.8 Å². The highest BCUT2D eigenvalue weighted by atomic mass is 16.1. The molecule has 2 rings (SSSR count). The molecule has 0 spiro atoms. The van der Waals surface area contributed by atoms with Crippen molar-refractivity contribution in [2.45, 2.75) is 33.1 Å². The molecule has 0 saturated carbocycles. The molecular formula is C18H23N3O. The van der Waals surface area contributed by atoms with E-state index < -0.39 is 0 Å². The van der Waals surface area contributed by atoms with Crippen molar-refractivity contribution in [3.63, 3.8) is 0 Å². The van der Waals surface area contributed by atoms with Gasteiger partial charge in [0, 0.05) is 32.4 Å². The second-order valence-corrected chi connectivity index (χ2v) is 5.60. The molecule has 1 aliphatic rings. The van der Waals surface area contributed by atoms with E-state index in [1.54, 1.807) is 6.08 Å². The van der Waals surface area contributed by atoms with Gasteiger partial charge in [-0.15, -0.1) is 5.10 Å². The average Bonchev–Trinajstić information content (AvgIpc) is 2.52. The molecule has 0 aromatic carbocycles. The summed E-state index contributed by atoms with van der Waals surface area (Å²) in [4.78, 5) is 13.5. The summed E-state index contributed by atoms with van der Waals surface area (Å²) in [6.07, 6.45) is 7.42. The number of hydrogen-bond donors (Lipinski definition) is 0.